The largest absolute Gasteiger partial charge is 0.295 e. The minimum absolute atomic E-state index is 0.124. The lowest BCUT2D eigenvalue weighted by atomic mass is 9.67. The first-order chi connectivity index (χ1) is 6.43. The molecular weight excluding hydrogens is 172 g/mol. The molecular formula is C13H20O. The molecule has 0 aromatic carbocycles. The fourth-order valence-corrected chi connectivity index (χ4v) is 2.26. The molecule has 1 aliphatic rings. The summed E-state index contributed by atoms with van der Waals surface area (Å²) in [6.07, 6.45) is 7.28. The number of hydrogen-bond acceptors (Lipinski definition) is 1. The van der Waals surface area contributed by atoms with Gasteiger partial charge in [-0.15, -0.1) is 0 Å². The molecule has 0 aromatic heterocycles. The molecule has 1 heteroatoms. The van der Waals surface area contributed by atoms with Gasteiger partial charge in [0.2, 0.25) is 0 Å². The molecule has 0 heterocycles. The van der Waals surface area contributed by atoms with Crippen LogP contribution in [0.5, 0.6) is 0 Å². The van der Waals surface area contributed by atoms with Crippen molar-refractivity contribution < 1.29 is 4.79 Å². The maximum atomic E-state index is 10.9. The van der Waals surface area contributed by atoms with E-state index in [9.17, 15) is 4.79 Å². The van der Waals surface area contributed by atoms with Gasteiger partial charge in [0.05, 0.1) is 0 Å². The van der Waals surface area contributed by atoms with Gasteiger partial charge in [-0.3, -0.25) is 4.79 Å². The Labute approximate surface area is 86.9 Å². The Morgan fingerprint density at radius 2 is 2.21 bits per heavy atom. The Bertz CT molecular complexity index is 271. The maximum Gasteiger partial charge on any atom is 0.152 e. The van der Waals surface area contributed by atoms with Crippen LogP contribution in [0.1, 0.15) is 40.0 Å². The van der Waals surface area contributed by atoms with Gasteiger partial charge in [-0.2, -0.15) is 0 Å². The van der Waals surface area contributed by atoms with Crippen LogP contribution in [0.25, 0.3) is 0 Å². The first-order valence-electron chi connectivity index (χ1n) is 5.30. The van der Waals surface area contributed by atoms with Gasteiger partial charge in [-0.05, 0) is 37.7 Å². The molecule has 1 atom stereocenters. The average molecular weight is 192 g/mol. The molecule has 1 saturated carbocycles. The third-order valence-electron chi connectivity index (χ3n) is 3.12. The molecule has 1 nitrogen and oxygen atoms in total. The second-order valence-corrected chi connectivity index (χ2v) is 4.95. The lowest BCUT2D eigenvalue weighted by Crippen LogP contribution is -2.28. The van der Waals surface area contributed by atoms with Crippen LogP contribution < -0.4 is 0 Å². The van der Waals surface area contributed by atoms with Crippen molar-refractivity contribution in [3.63, 3.8) is 0 Å². The van der Waals surface area contributed by atoms with Crippen molar-refractivity contribution in [2.45, 2.75) is 40.0 Å². The van der Waals surface area contributed by atoms with Crippen molar-refractivity contribution in [2.24, 2.45) is 11.3 Å². The molecule has 1 aliphatic carbocycles. The predicted octanol–water partition coefficient (Wildman–Crippen LogP) is 3.51. The number of allylic oxidation sites excluding steroid dienone is 3. The molecule has 0 bridgehead atoms. The normalized spacial score (nSPS) is 26.8. The zero-order valence-corrected chi connectivity index (χ0v) is 9.47. The zero-order valence-electron chi connectivity index (χ0n) is 9.47. The third-order valence-corrected chi connectivity index (χ3v) is 3.12. The Kier molecular flexibility index (Phi) is 3.30. The van der Waals surface area contributed by atoms with Crippen LogP contribution in [-0.2, 0) is 4.79 Å². The molecule has 0 spiro atoms. The van der Waals surface area contributed by atoms with Crippen molar-refractivity contribution >= 4 is 5.78 Å². The molecule has 0 aromatic rings. The van der Waals surface area contributed by atoms with E-state index in [1.54, 1.807) is 13.0 Å². The Morgan fingerprint density at radius 1 is 1.57 bits per heavy atom. The van der Waals surface area contributed by atoms with Gasteiger partial charge in [-0.1, -0.05) is 32.1 Å². The van der Waals surface area contributed by atoms with E-state index in [1.165, 1.54) is 18.4 Å². The SMILES string of the molecule is C=C1CCCC(C)(C)[C@H]1/C=C/C(C)=O. The summed E-state index contributed by atoms with van der Waals surface area (Å²) in [7, 11) is 0. The monoisotopic (exact) mass is 192 g/mol. The standard InChI is InChI=1S/C13H20O/c1-10-6-5-9-13(3,4)12(10)8-7-11(2)14/h7-8,12H,1,5-6,9H2,2-4H3/b8-7+/t12-/m0/s1. The number of rotatable bonds is 2. The van der Waals surface area contributed by atoms with E-state index < -0.39 is 0 Å². The average Bonchev–Trinajstić information content (AvgIpc) is 2.01. The molecule has 0 radical (unpaired) electrons. The topological polar surface area (TPSA) is 17.1 Å². The van der Waals surface area contributed by atoms with Crippen molar-refractivity contribution in [2.75, 3.05) is 0 Å². The predicted molar refractivity (Wildman–Crippen MR) is 60.1 cm³/mol. The maximum absolute atomic E-state index is 10.9. The van der Waals surface area contributed by atoms with E-state index in [4.69, 9.17) is 0 Å². The van der Waals surface area contributed by atoms with E-state index in [2.05, 4.69) is 20.4 Å². The number of carbonyl (C=O) groups excluding carboxylic acids is 1. The van der Waals surface area contributed by atoms with Gasteiger partial charge in [0.15, 0.2) is 5.78 Å². The number of ketones is 1. The smallest absolute Gasteiger partial charge is 0.152 e. The van der Waals surface area contributed by atoms with Crippen LogP contribution in [0.15, 0.2) is 24.3 Å². The zero-order chi connectivity index (χ0) is 10.8. The summed E-state index contributed by atoms with van der Waals surface area (Å²) in [6.45, 7) is 10.2. The van der Waals surface area contributed by atoms with Crippen LogP contribution in [0.2, 0.25) is 0 Å². The molecule has 0 saturated heterocycles. The van der Waals surface area contributed by atoms with Gasteiger partial charge < -0.3 is 0 Å². The Balaban J connectivity index is 2.80. The Morgan fingerprint density at radius 3 is 2.71 bits per heavy atom. The summed E-state index contributed by atoms with van der Waals surface area (Å²) >= 11 is 0. The quantitative estimate of drug-likeness (QED) is 0.483. The highest BCUT2D eigenvalue weighted by Crippen LogP contribution is 2.43. The van der Waals surface area contributed by atoms with Crippen LogP contribution in [0, 0.1) is 11.3 Å². The van der Waals surface area contributed by atoms with Crippen LogP contribution in [-0.4, -0.2) is 5.78 Å². The van der Waals surface area contributed by atoms with Crippen molar-refractivity contribution in [1.82, 2.24) is 0 Å². The molecule has 0 aliphatic heterocycles. The second kappa shape index (κ2) is 4.12. The highest BCUT2D eigenvalue weighted by atomic mass is 16.1. The van der Waals surface area contributed by atoms with Gasteiger partial charge in [-0.25, -0.2) is 0 Å². The second-order valence-electron chi connectivity index (χ2n) is 4.95. The van der Waals surface area contributed by atoms with E-state index >= 15 is 0 Å². The fourth-order valence-electron chi connectivity index (χ4n) is 2.26. The van der Waals surface area contributed by atoms with Gasteiger partial charge >= 0.3 is 0 Å². The van der Waals surface area contributed by atoms with Gasteiger partial charge in [0, 0.05) is 5.92 Å². The van der Waals surface area contributed by atoms with E-state index in [0.717, 1.165) is 6.42 Å². The van der Waals surface area contributed by atoms with Gasteiger partial charge in [0.1, 0.15) is 0 Å². The minimum Gasteiger partial charge on any atom is -0.295 e. The van der Waals surface area contributed by atoms with Crippen molar-refractivity contribution in [1.29, 1.82) is 0 Å². The summed E-state index contributed by atoms with van der Waals surface area (Å²) in [5, 5.41) is 0. The molecule has 1 rings (SSSR count). The van der Waals surface area contributed by atoms with Gasteiger partial charge in [0.25, 0.3) is 0 Å². The molecule has 1 fully saturated rings. The van der Waals surface area contributed by atoms with Crippen LogP contribution >= 0.6 is 0 Å². The van der Waals surface area contributed by atoms with E-state index in [-0.39, 0.29) is 11.2 Å². The van der Waals surface area contributed by atoms with Crippen molar-refractivity contribution in [3.8, 4) is 0 Å². The van der Waals surface area contributed by atoms with Crippen molar-refractivity contribution in [3.05, 3.63) is 24.3 Å². The third kappa shape index (κ3) is 2.57. The molecule has 0 unspecified atom stereocenters. The fraction of sp³-hybridized carbons (Fsp3) is 0.615. The first kappa shape index (κ1) is 11.2. The first-order valence-corrected chi connectivity index (χ1v) is 5.30. The van der Waals surface area contributed by atoms with Crippen LogP contribution in [0.3, 0.4) is 0 Å². The van der Waals surface area contributed by atoms with Crippen LogP contribution in [0.4, 0.5) is 0 Å². The van der Waals surface area contributed by atoms with E-state index in [1.807, 2.05) is 6.08 Å². The highest BCUT2D eigenvalue weighted by Gasteiger charge is 2.32. The molecule has 78 valence electrons. The highest BCUT2D eigenvalue weighted by molar-refractivity contribution is 5.87. The molecule has 0 amide bonds. The van der Waals surface area contributed by atoms with E-state index in [0.29, 0.717) is 5.92 Å². The minimum atomic E-state index is 0.124. The Hall–Kier alpha value is -0.850. The summed E-state index contributed by atoms with van der Waals surface area (Å²) in [5.41, 5.74) is 1.54. The summed E-state index contributed by atoms with van der Waals surface area (Å²) < 4.78 is 0. The number of hydrogen-bond donors (Lipinski definition) is 0. The summed E-state index contributed by atoms with van der Waals surface area (Å²) in [4.78, 5) is 10.9. The number of carbonyl (C=O) groups is 1. The summed E-state index contributed by atoms with van der Waals surface area (Å²) in [5.74, 6) is 0.499. The lowest BCUT2D eigenvalue weighted by molar-refractivity contribution is -0.112. The lowest BCUT2D eigenvalue weighted by Gasteiger charge is -2.38. The molecule has 0 N–H and O–H groups in total. The summed E-state index contributed by atoms with van der Waals surface area (Å²) in [6, 6.07) is 0. The molecule has 14 heavy (non-hydrogen) atoms.